The van der Waals surface area contributed by atoms with Crippen LogP contribution in [0.1, 0.15) is 26.3 Å². The van der Waals surface area contributed by atoms with E-state index in [1.807, 2.05) is 30.3 Å². The standard InChI is InChI=1S/C18H23Cl2NO3/c1-12(2)16(22)24-13(3)18(20)15(9-19)11-21(17(18)23)10-14-7-5-4-6-8-14/h4-8,12-13,15H,9-11H2,1-3H3/t13?,15-,18-/m0/s1. The van der Waals surface area contributed by atoms with Crippen molar-refractivity contribution in [2.75, 3.05) is 12.4 Å². The van der Waals surface area contributed by atoms with E-state index in [0.717, 1.165) is 5.56 Å². The Balaban J connectivity index is 2.18. The lowest BCUT2D eigenvalue weighted by Crippen LogP contribution is -2.49. The lowest BCUT2D eigenvalue weighted by Gasteiger charge is -2.31. The smallest absolute Gasteiger partial charge is 0.308 e. The highest BCUT2D eigenvalue weighted by Crippen LogP contribution is 2.41. The highest BCUT2D eigenvalue weighted by atomic mass is 35.5. The lowest BCUT2D eigenvalue weighted by molar-refractivity contribution is -0.155. The summed E-state index contributed by atoms with van der Waals surface area (Å²) in [6, 6.07) is 9.70. The minimum Gasteiger partial charge on any atom is -0.460 e. The van der Waals surface area contributed by atoms with E-state index in [0.29, 0.717) is 13.1 Å². The molecule has 0 bridgehead atoms. The number of esters is 1. The maximum Gasteiger partial charge on any atom is 0.308 e. The van der Waals surface area contributed by atoms with E-state index in [2.05, 4.69) is 0 Å². The molecule has 0 aromatic heterocycles. The van der Waals surface area contributed by atoms with E-state index in [1.54, 1.807) is 25.7 Å². The molecule has 1 unspecified atom stereocenters. The van der Waals surface area contributed by atoms with Gasteiger partial charge in [-0.2, -0.15) is 0 Å². The molecule has 0 radical (unpaired) electrons. The molecule has 1 aromatic carbocycles. The van der Waals surface area contributed by atoms with E-state index in [4.69, 9.17) is 27.9 Å². The van der Waals surface area contributed by atoms with Crippen LogP contribution < -0.4 is 0 Å². The van der Waals surface area contributed by atoms with Crippen LogP contribution >= 0.6 is 23.2 Å². The van der Waals surface area contributed by atoms with Gasteiger partial charge in [-0.15, -0.1) is 23.2 Å². The third kappa shape index (κ3) is 3.70. The molecule has 1 aromatic rings. The second-order valence-corrected chi connectivity index (χ2v) is 7.46. The summed E-state index contributed by atoms with van der Waals surface area (Å²) < 4.78 is 5.42. The topological polar surface area (TPSA) is 46.6 Å². The van der Waals surface area contributed by atoms with Gasteiger partial charge in [0.25, 0.3) is 0 Å². The summed E-state index contributed by atoms with van der Waals surface area (Å²) in [4.78, 5) is 25.2. The maximum absolute atomic E-state index is 12.9. The minimum absolute atomic E-state index is 0.226. The first-order chi connectivity index (χ1) is 11.3. The zero-order valence-corrected chi connectivity index (χ0v) is 15.7. The van der Waals surface area contributed by atoms with E-state index >= 15 is 0 Å². The van der Waals surface area contributed by atoms with Gasteiger partial charge in [-0.1, -0.05) is 44.2 Å². The summed E-state index contributed by atoms with van der Waals surface area (Å²) in [5.41, 5.74) is 1.02. The van der Waals surface area contributed by atoms with Crippen molar-refractivity contribution in [2.24, 2.45) is 11.8 Å². The number of rotatable bonds is 6. The van der Waals surface area contributed by atoms with Gasteiger partial charge in [-0.05, 0) is 12.5 Å². The Bertz CT molecular complexity index is 593. The number of carbonyl (C=O) groups is 2. The van der Waals surface area contributed by atoms with Crippen molar-refractivity contribution in [2.45, 2.75) is 38.3 Å². The molecule has 1 aliphatic heterocycles. The Morgan fingerprint density at radius 1 is 1.33 bits per heavy atom. The summed E-state index contributed by atoms with van der Waals surface area (Å²) in [5, 5.41) is 0. The second kappa shape index (κ2) is 7.75. The van der Waals surface area contributed by atoms with Crippen LogP contribution in [0.25, 0.3) is 0 Å². The summed E-state index contributed by atoms with van der Waals surface area (Å²) in [6.45, 7) is 6.06. The van der Waals surface area contributed by atoms with Gasteiger partial charge in [-0.3, -0.25) is 9.59 Å². The highest BCUT2D eigenvalue weighted by molar-refractivity contribution is 6.37. The fraction of sp³-hybridized carbons (Fsp3) is 0.556. The minimum atomic E-state index is -1.32. The molecule has 0 saturated carbocycles. The normalized spacial score (nSPS) is 25.2. The van der Waals surface area contributed by atoms with Crippen molar-refractivity contribution in [3.63, 3.8) is 0 Å². The highest BCUT2D eigenvalue weighted by Gasteiger charge is 2.57. The quantitative estimate of drug-likeness (QED) is 0.568. The number of hydrogen-bond donors (Lipinski definition) is 0. The zero-order chi connectivity index (χ0) is 17.9. The largest absolute Gasteiger partial charge is 0.460 e. The Morgan fingerprint density at radius 2 is 1.96 bits per heavy atom. The van der Waals surface area contributed by atoms with Crippen LogP contribution in [0.5, 0.6) is 0 Å². The molecule has 4 nitrogen and oxygen atoms in total. The van der Waals surface area contributed by atoms with Gasteiger partial charge in [0.2, 0.25) is 5.91 Å². The number of likely N-dealkylation sites (tertiary alicyclic amines) is 1. The number of hydrogen-bond acceptors (Lipinski definition) is 3. The fourth-order valence-electron chi connectivity index (χ4n) is 2.90. The number of amides is 1. The van der Waals surface area contributed by atoms with Gasteiger partial charge >= 0.3 is 5.97 Å². The SMILES string of the molecule is CC(C)C(=O)OC(C)[C@@]1(Cl)C(=O)N(Cc2ccccc2)C[C@@H]1CCl. The van der Waals surface area contributed by atoms with Crippen LogP contribution in [0.4, 0.5) is 0 Å². The first kappa shape index (κ1) is 19.1. The molecule has 0 aliphatic carbocycles. The Hall–Kier alpha value is -1.26. The van der Waals surface area contributed by atoms with Crippen molar-refractivity contribution in [1.29, 1.82) is 0 Å². The van der Waals surface area contributed by atoms with Crippen molar-refractivity contribution in [3.8, 4) is 0 Å². The monoisotopic (exact) mass is 371 g/mol. The van der Waals surface area contributed by atoms with Gasteiger partial charge in [0.1, 0.15) is 6.10 Å². The molecule has 1 aliphatic rings. The van der Waals surface area contributed by atoms with Crippen LogP contribution in [0, 0.1) is 11.8 Å². The third-order valence-corrected chi connectivity index (χ3v) is 5.56. The average molecular weight is 372 g/mol. The Kier molecular flexibility index (Phi) is 6.16. The predicted molar refractivity (Wildman–Crippen MR) is 95.0 cm³/mol. The van der Waals surface area contributed by atoms with Gasteiger partial charge in [0, 0.05) is 24.9 Å². The van der Waals surface area contributed by atoms with E-state index in [9.17, 15) is 9.59 Å². The zero-order valence-electron chi connectivity index (χ0n) is 14.2. The van der Waals surface area contributed by atoms with Gasteiger partial charge in [0.15, 0.2) is 4.87 Å². The molecule has 1 saturated heterocycles. The first-order valence-corrected chi connectivity index (χ1v) is 9.00. The van der Waals surface area contributed by atoms with Crippen molar-refractivity contribution in [3.05, 3.63) is 35.9 Å². The van der Waals surface area contributed by atoms with E-state index < -0.39 is 11.0 Å². The van der Waals surface area contributed by atoms with Crippen LogP contribution in [-0.2, 0) is 20.9 Å². The molecular formula is C18H23Cl2NO3. The predicted octanol–water partition coefficient (Wildman–Crippen LogP) is 3.45. The molecule has 1 fully saturated rings. The molecule has 6 heteroatoms. The second-order valence-electron chi connectivity index (χ2n) is 6.52. The summed E-state index contributed by atoms with van der Waals surface area (Å²) >= 11 is 12.8. The first-order valence-electron chi connectivity index (χ1n) is 8.09. The lowest BCUT2D eigenvalue weighted by atomic mass is 9.91. The number of alkyl halides is 2. The van der Waals surface area contributed by atoms with Gasteiger partial charge in [-0.25, -0.2) is 0 Å². The molecule has 1 amide bonds. The number of halogens is 2. The number of nitrogens with zero attached hydrogens (tertiary/aromatic N) is 1. The number of carbonyl (C=O) groups excluding carboxylic acids is 2. The van der Waals surface area contributed by atoms with E-state index in [1.165, 1.54) is 0 Å². The van der Waals surface area contributed by atoms with E-state index in [-0.39, 0.29) is 29.6 Å². The van der Waals surface area contributed by atoms with Crippen molar-refractivity contribution < 1.29 is 14.3 Å². The molecule has 0 spiro atoms. The maximum atomic E-state index is 12.9. The van der Waals surface area contributed by atoms with Crippen LogP contribution in [0.15, 0.2) is 30.3 Å². The number of ether oxygens (including phenoxy) is 1. The van der Waals surface area contributed by atoms with Gasteiger partial charge < -0.3 is 9.64 Å². The average Bonchev–Trinajstić information content (AvgIpc) is 2.81. The molecular weight excluding hydrogens is 349 g/mol. The van der Waals surface area contributed by atoms with Crippen LogP contribution in [-0.4, -0.2) is 40.2 Å². The van der Waals surface area contributed by atoms with Gasteiger partial charge in [0.05, 0.1) is 5.92 Å². The van der Waals surface area contributed by atoms with Crippen molar-refractivity contribution >= 4 is 35.1 Å². The molecule has 1 heterocycles. The van der Waals surface area contributed by atoms with Crippen molar-refractivity contribution in [1.82, 2.24) is 4.90 Å². The fourth-order valence-corrected chi connectivity index (χ4v) is 3.63. The Morgan fingerprint density at radius 3 is 2.50 bits per heavy atom. The summed E-state index contributed by atoms with van der Waals surface area (Å²) in [6.07, 6.45) is -0.744. The van der Waals surface area contributed by atoms with Crippen LogP contribution in [0.2, 0.25) is 0 Å². The molecule has 3 atom stereocenters. The molecule has 0 N–H and O–H groups in total. The number of benzene rings is 1. The Labute approximate surface area is 153 Å². The molecule has 24 heavy (non-hydrogen) atoms. The van der Waals surface area contributed by atoms with Crippen LogP contribution in [0.3, 0.4) is 0 Å². The summed E-state index contributed by atoms with van der Waals surface area (Å²) in [5.74, 6) is -0.941. The third-order valence-electron chi connectivity index (χ3n) is 4.41. The molecule has 132 valence electrons. The molecule has 2 rings (SSSR count). The summed E-state index contributed by atoms with van der Waals surface area (Å²) in [7, 11) is 0.